The summed E-state index contributed by atoms with van der Waals surface area (Å²) in [7, 11) is 0. The minimum absolute atomic E-state index is 0.253. The number of hydrogen-bond donors (Lipinski definition) is 1. The number of aryl methyl sites for hydroxylation is 1. The molecule has 0 saturated heterocycles. The van der Waals surface area contributed by atoms with Crippen molar-refractivity contribution in [2.24, 2.45) is 0 Å². The lowest BCUT2D eigenvalue weighted by Crippen LogP contribution is -1.99. The predicted octanol–water partition coefficient (Wildman–Crippen LogP) is 3.43. The van der Waals surface area contributed by atoms with E-state index in [0.717, 1.165) is 41.0 Å². The molecule has 24 heavy (non-hydrogen) atoms. The minimum atomic E-state index is -0.253. The van der Waals surface area contributed by atoms with Crippen LogP contribution in [0.5, 0.6) is 0 Å². The van der Waals surface area contributed by atoms with E-state index in [4.69, 9.17) is 4.98 Å². The molecule has 4 rings (SSSR count). The third-order valence-corrected chi connectivity index (χ3v) is 3.90. The Morgan fingerprint density at radius 3 is 2.58 bits per heavy atom. The number of aromatic amines is 1. The van der Waals surface area contributed by atoms with Crippen molar-refractivity contribution in [2.45, 2.75) is 19.9 Å². The molecule has 0 aliphatic carbocycles. The molecule has 4 aromatic rings. The smallest absolute Gasteiger partial charge is 0.204 e. The number of benzene rings is 2. The molecular weight excluding hydrogens is 307 g/mol. The van der Waals surface area contributed by atoms with Crippen LogP contribution in [0.15, 0.2) is 42.5 Å². The van der Waals surface area contributed by atoms with E-state index in [-0.39, 0.29) is 5.82 Å². The number of H-pyrrole nitrogens is 1. The summed E-state index contributed by atoms with van der Waals surface area (Å²) >= 11 is 0. The first-order valence-corrected chi connectivity index (χ1v) is 7.76. The highest BCUT2D eigenvalue weighted by Crippen LogP contribution is 2.28. The van der Waals surface area contributed by atoms with Crippen LogP contribution in [-0.4, -0.2) is 30.2 Å². The zero-order valence-corrected chi connectivity index (χ0v) is 13.1. The Morgan fingerprint density at radius 1 is 1.08 bits per heavy atom. The molecule has 1 N–H and O–H groups in total. The maximum Gasteiger partial charge on any atom is 0.204 e. The summed E-state index contributed by atoms with van der Waals surface area (Å²) in [4.78, 5) is 4.76. The summed E-state index contributed by atoms with van der Waals surface area (Å²) in [6.07, 6.45) is 0.978. The van der Waals surface area contributed by atoms with E-state index in [9.17, 15) is 4.39 Å². The topological polar surface area (TPSA) is 72.3 Å². The van der Waals surface area contributed by atoms with Crippen molar-refractivity contribution in [3.05, 3.63) is 48.3 Å². The Hall–Kier alpha value is -3.09. The van der Waals surface area contributed by atoms with Gasteiger partial charge in [-0.05, 0) is 54.1 Å². The van der Waals surface area contributed by atoms with Crippen LogP contribution in [0.25, 0.3) is 33.8 Å². The Morgan fingerprint density at radius 2 is 1.88 bits per heavy atom. The molecule has 2 heterocycles. The van der Waals surface area contributed by atoms with Gasteiger partial charge in [0, 0.05) is 17.7 Å². The second-order valence-corrected chi connectivity index (χ2v) is 5.53. The van der Waals surface area contributed by atoms with E-state index >= 15 is 0 Å². The number of rotatable bonds is 4. The van der Waals surface area contributed by atoms with Gasteiger partial charge in [-0.25, -0.2) is 9.37 Å². The summed E-state index contributed by atoms with van der Waals surface area (Å²) in [5.41, 5.74) is 3.62. The molecule has 0 spiro atoms. The van der Waals surface area contributed by atoms with Gasteiger partial charge in [-0.2, -0.15) is 5.21 Å². The SMILES string of the molecule is CCCn1c(-c2ccc(F)cc2)nc2cc(-c3nn[nH]n3)ccc21. The van der Waals surface area contributed by atoms with Gasteiger partial charge in [0.25, 0.3) is 0 Å². The van der Waals surface area contributed by atoms with Crippen molar-refractivity contribution in [1.29, 1.82) is 0 Å². The van der Waals surface area contributed by atoms with Gasteiger partial charge in [-0.3, -0.25) is 0 Å². The molecule has 0 amide bonds. The number of nitrogens with one attached hydrogen (secondary N) is 1. The van der Waals surface area contributed by atoms with Crippen LogP contribution in [0, 0.1) is 5.82 Å². The Bertz CT molecular complexity index is 972. The van der Waals surface area contributed by atoms with Gasteiger partial charge in [0.15, 0.2) is 0 Å². The Balaban J connectivity index is 1.89. The fourth-order valence-corrected chi connectivity index (χ4v) is 2.82. The monoisotopic (exact) mass is 322 g/mol. The number of aromatic nitrogens is 6. The fraction of sp³-hybridized carbons (Fsp3) is 0.176. The first kappa shape index (κ1) is 14.5. The number of fused-ring (bicyclic) bond motifs is 1. The van der Waals surface area contributed by atoms with Crippen LogP contribution in [0.3, 0.4) is 0 Å². The van der Waals surface area contributed by atoms with Crippen molar-refractivity contribution >= 4 is 11.0 Å². The van der Waals surface area contributed by atoms with Gasteiger partial charge in [-0.1, -0.05) is 6.92 Å². The summed E-state index contributed by atoms with van der Waals surface area (Å²) in [5, 5.41) is 14.0. The van der Waals surface area contributed by atoms with Crippen LogP contribution in [0.4, 0.5) is 4.39 Å². The van der Waals surface area contributed by atoms with E-state index in [1.54, 1.807) is 12.1 Å². The van der Waals surface area contributed by atoms with E-state index < -0.39 is 0 Å². The number of nitrogens with zero attached hydrogens (tertiary/aromatic N) is 5. The van der Waals surface area contributed by atoms with E-state index in [1.165, 1.54) is 12.1 Å². The van der Waals surface area contributed by atoms with Crippen LogP contribution >= 0.6 is 0 Å². The van der Waals surface area contributed by atoms with E-state index in [0.29, 0.717) is 5.82 Å². The molecule has 7 heteroatoms. The van der Waals surface area contributed by atoms with Crippen LogP contribution in [0.1, 0.15) is 13.3 Å². The molecule has 0 radical (unpaired) electrons. The highest BCUT2D eigenvalue weighted by Gasteiger charge is 2.14. The van der Waals surface area contributed by atoms with Gasteiger partial charge in [0.1, 0.15) is 11.6 Å². The largest absolute Gasteiger partial charge is 0.324 e. The van der Waals surface area contributed by atoms with Gasteiger partial charge < -0.3 is 4.57 Å². The maximum atomic E-state index is 13.2. The Kier molecular flexibility index (Phi) is 3.53. The third kappa shape index (κ3) is 2.44. The first-order valence-electron chi connectivity index (χ1n) is 7.76. The van der Waals surface area contributed by atoms with Crippen molar-refractivity contribution in [3.8, 4) is 22.8 Å². The summed E-state index contributed by atoms with van der Waals surface area (Å²) < 4.78 is 15.4. The maximum absolute atomic E-state index is 13.2. The van der Waals surface area contributed by atoms with Crippen molar-refractivity contribution < 1.29 is 4.39 Å². The highest BCUT2D eigenvalue weighted by molar-refractivity contribution is 5.84. The molecule has 0 atom stereocenters. The number of tetrazole rings is 1. The lowest BCUT2D eigenvalue weighted by Gasteiger charge is -2.07. The van der Waals surface area contributed by atoms with Crippen molar-refractivity contribution in [1.82, 2.24) is 30.2 Å². The molecule has 0 aliphatic heterocycles. The predicted molar refractivity (Wildman–Crippen MR) is 88.6 cm³/mol. The molecule has 120 valence electrons. The lowest BCUT2D eigenvalue weighted by atomic mass is 10.2. The molecule has 2 aromatic heterocycles. The highest BCUT2D eigenvalue weighted by atomic mass is 19.1. The normalized spacial score (nSPS) is 11.2. The second-order valence-electron chi connectivity index (χ2n) is 5.53. The zero-order chi connectivity index (χ0) is 16.5. The molecular formula is C17H15FN6. The van der Waals surface area contributed by atoms with Gasteiger partial charge in [0.2, 0.25) is 5.82 Å². The molecule has 0 aliphatic rings. The molecule has 0 saturated carbocycles. The minimum Gasteiger partial charge on any atom is -0.324 e. The van der Waals surface area contributed by atoms with E-state index in [1.807, 2.05) is 18.2 Å². The second kappa shape index (κ2) is 5.84. The van der Waals surface area contributed by atoms with Gasteiger partial charge >= 0.3 is 0 Å². The first-order chi connectivity index (χ1) is 11.8. The van der Waals surface area contributed by atoms with Crippen LogP contribution in [-0.2, 0) is 6.54 Å². The molecule has 6 nitrogen and oxygen atoms in total. The summed E-state index contributed by atoms with van der Waals surface area (Å²) in [6, 6.07) is 12.3. The fourth-order valence-electron chi connectivity index (χ4n) is 2.82. The average Bonchev–Trinajstić information content (AvgIpc) is 3.24. The third-order valence-electron chi connectivity index (χ3n) is 3.90. The van der Waals surface area contributed by atoms with Crippen LogP contribution in [0.2, 0.25) is 0 Å². The zero-order valence-electron chi connectivity index (χ0n) is 13.1. The van der Waals surface area contributed by atoms with Gasteiger partial charge in [-0.15, -0.1) is 10.2 Å². The Labute approximate surface area is 137 Å². The summed E-state index contributed by atoms with van der Waals surface area (Å²) in [6.45, 7) is 2.96. The lowest BCUT2D eigenvalue weighted by molar-refractivity contribution is 0.628. The average molecular weight is 322 g/mol. The van der Waals surface area contributed by atoms with Crippen molar-refractivity contribution in [3.63, 3.8) is 0 Å². The number of halogens is 1. The molecule has 0 fully saturated rings. The number of hydrogen-bond acceptors (Lipinski definition) is 4. The molecule has 0 unspecified atom stereocenters. The van der Waals surface area contributed by atoms with Crippen molar-refractivity contribution in [2.75, 3.05) is 0 Å². The van der Waals surface area contributed by atoms with Gasteiger partial charge in [0.05, 0.1) is 11.0 Å². The standard InChI is InChI=1S/C17H15FN6/c1-2-9-24-15-8-5-12(16-20-22-23-21-16)10-14(15)19-17(24)11-3-6-13(18)7-4-11/h3-8,10H,2,9H2,1H3,(H,20,21,22,23). The summed E-state index contributed by atoms with van der Waals surface area (Å²) in [5.74, 6) is 1.11. The molecule has 0 bridgehead atoms. The molecule has 2 aromatic carbocycles. The van der Waals surface area contributed by atoms with Crippen LogP contribution < -0.4 is 0 Å². The quantitative estimate of drug-likeness (QED) is 0.625. The number of imidazole rings is 1. The van der Waals surface area contributed by atoms with E-state index in [2.05, 4.69) is 32.1 Å².